The third kappa shape index (κ3) is 3.77. The number of benzene rings is 2. The van der Waals surface area contributed by atoms with Crippen molar-refractivity contribution < 1.29 is 31.1 Å². The molecule has 0 aromatic heterocycles. The van der Waals surface area contributed by atoms with Crippen LogP contribution in [0, 0.1) is 0 Å². The Kier molecular flexibility index (Phi) is 5.24. The van der Waals surface area contributed by atoms with Crippen LogP contribution >= 0.6 is 0 Å². The van der Waals surface area contributed by atoms with Crippen LogP contribution in [0.15, 0.2) is 47.4 Å². The molecule has 0 bridgehead atoms. The molecular formula is C18H17F3N2O4S. The maximum absolute atomic E-state index is 13.1. The number of fused-ring (bicyclic) bond motifs is 1. The number of nitrogens with zero attached hydrogens (tertiary/aromatic N) is 1. The first kappa shape index (κ1) is 20.0. The van der Waals surface area contributed by atoms with Crippen LogP contribution in [0.3, 0.4) is 0 Å². The molecule has 6 nitrogen and oxygen atoms in total. The number of rotatable bonds is 4. The van der Waals surface area contributed by atoms with Crippen LogP contribution in [0.25, 0.3) is 0 Å². The highest BCUT2D eigenvalue weighted by Gasteiger charge is 2.39. The summed E-state index contributed by atoms with van der Waals surface area (Å²) in [6.45, 7) is 0.246. The van der Waals surface area contributed by atoms with Crippen molar-refractivity contribution in [3.63, 3.8) is 0 Å². The number of alkyl halides is 3. The molecular weight excluding hydrogens is 397 g/mol. The number of para-hydroxylation sites is 1. The first-order chi connectivity index (χ1) is 13.1. The van der Waals surface area contributed by atoms with Crippen molar-refractivity contribution in [1.82, 2.24) is 0 Å². The van der Waals surface area contributed by atoms with E-state index in [-0.39, 0.29) is 22.9 Å². The van der Waals surface area contributed by atoms with Gasteiger partial charge in [0.05, 0.1) is 23.4 Å². The number of anilines is 2. The van der Waals surface area contributed by atoms with Gasteiger partial charge in [0.2, 0.25) is 0 Å². The van der Waals surface area contributed by atoms with E-state index in [9.17, 15) is 26.4 Å². The Morgan fingerprint density at radius 2 is 1.89 bits per heavy atom. The van der Waals surface area contributed by atoms with E-state index < -0.39 is 22.1 Å². The fourth-order valence-electron chi connectivity index (χ4n) is 3.01. The first-order valence-corrected chi connectivity index (χ1v) is 9.75. The molecule has 150 valence electrons. The zero-order valence-corrected chi connectivity index (χ0v) is 15.6. The van der Waals surface area contributed by atoms with Crippen LogP contribution in [-0.2, 0) is 21.2 Å². The minimum absolute atomic E-state index is 0.0874. The Bertz CT molecular complexity index is 1010. The second kappa shape index (κ2) is 7.34. The van der Waals surface area contributed by atoms with Gasteiger partial charge in [-0.25, -0.2) is 8.42 Å². The molecule has 0 saturated heterocycles. The molecule has 1 amide bonds. The van der Waals surface area contributed by atoms with Crippen LogP contribution in [0.2, 0.25) is 0 Å². The van der Waals surface area contributed by atoms with Gasteiger partial charge in [-0.1, -0.05) is 18.2 Å². The van der Waals surface area contributed by atoms with Crippen molar-refractivity contribution in [3.8, 4) is 5.75 Å². The van der Waals surface area contributed by atoms with Gasteiger partial charge in [-0.15, -0.1) is 0 Å². The van der Waals surface area contributed by atoms with Gasteiger partial charge in [0.25, 0.3) is 10.0 Å². The van der Waals surface area contributed by atoms with E-state index >= 15 is 0 Å². The van der Waals surface area contributed by atoms with E-state index in [1.54, 1.807) is 17.4 Å². The Hall–Kier alpha value is -2.75. The van der Waals surface area contributed by atoms with Gasteiger partial charge in [-0.3, -0.25) is 9.10 Å². The summed E-state index contributed by atoms with van der Waals surface area (Å²) in [6.07, 6.45) is -3.77. The highest BCUT2D eigenvalue weighted by atomic mass is 32.2. The Labute approximate surface area is 160 Å². The van der Waals surface area contributed by atoms with Crippen molar-refractivity contribution in [2.75, 3.05) is 23.3 Å². The number of ether oxygens (including phenoxy) is 1. The van der Waals surface area contributed by atoms with Crippen LogP contribution in [0.4, 0.5) is 24.5 Å². The van der Waals surface area contributed by atoms with E-state index in [2.05, 4.69) is 0 Å². The molecule has 3 rings (SSSR count). The Morgan fingerprint density at radius 3 is 2.57 bits per heavy atom. The lowest BCUT2D eigenvalue weighted by atomic mass is 10.0. The van der Waals surface area contributed by atoms with E-state index in [1.807, 2.05) is 12.1 Å². The smallest absolute Gasteiger partial charge is 0.471 e. The maximum Gasteiger partial charge on any atom is 0.471 e. The van der Waals surface area contributed by atoms with Gasteiger partial charge in [0.15, 0.2) is 0 Å². The van der Waals surface area contributed by atoms with E-state index in [0.717, 1.165) is 18.1 Å². The lowest BCUT2D eigenvalue weighted by Crippen LogP contribution is -2.35. The van der Waals surface area contributed by atoms with Gasteiger partial charge in [-0.05, 0) is 42.7 Å². The average molecular weight is 414 g/mol. The zero-order valence-electron chi connectivity index (χ0n) is 14.8. The Morgan fingerprint density at radius 1 is 1.18 bits per heavy atom. The molecule has 0 saturated carbocycles. The van der Waals surface area contributed by atoms with Gasteiger partial charge in [0.1, 0.15) is 5.75 Å². The standard InChI is InChI=1S/C18H17F3N2O4S/c1-27-16-9-8-13(11-14(16)22-17(24)18(19,20)21)28(25,26)23-10-4-6-12-5-2-3-7-15(12)23/h2-3,5,7-9,11H,4,6,10H2,1H3,(H,22,24). The summed E-state index contributed by atoms with van der Waals surface area (Å²) in [5.74, 6) is -2.31. The Balaban J connectivity index is 2.02. The molecule has 2 aromatic rings. The number of aryl methyl sites for hydroxylation is 1. The number of carbonyl (C=O) groups excluding carboxylic acids is 1. The first-order valence-electron chi connectivity index (χ1n) is 8.31. The van der Waals surface area contributed by atoms with Crippen molar-refractivity contribution in [1.29, 1.82) is 0 Å². The molecule has 10 heteroatoms. The molecule has 0 unspecified atom stereocenters. The summed E-state index contributed by atoms with van der Waals surface area (Å²) in [6, 6.07) is 10.4. The summed E-state index contributed by atoms with van der Waals surface area (Å²) in [7, 11) is -2.85. The minimum atomic E-state index is -5.12. The van der Waals surface area contributed by atoms with Crippen molar-refractivity contribution in [2.24, 2.45) is 0 Å². The third-order valence-corrected chi connectivity index (χ3v) is 6.14. The molecule has 1 heterocycles. The fourth-order valence-corrected chi connectivity index (χ4v) is 4.58. The van der Waals surface area contributed by atoms with Crippen LogP contribution < -0.4 is 14.4 Å². The van der Waals surface area contributed by atoms with Crippen LogP contribution in [0.5, 0.6) is 5.75 Å². The summed E-state index contributed by atoms with van der Waals surface area (Å²) in [5, 5.41) is 1.66. The molecule has 0 atom stereocenters. The highest BCUT2D eigenvalue weighted by Crippen LogP contribution is 2.35. The van der Waals surface area contributed by atoms with E-state index in [1.165, 1.54) is 23.5 Å². The van der Waals surface area contributed by atoms with Crippen molar-refractivity contribution in [3.05, 3.63) is 48.0 Å². The van der Waals surface area contributed by atoms with Gasteiger partial charge >= 0.3 is 12.1 Å². The van der Waals surface area contributed by atoms with Crippen LogP contribution in [-0.4, -0.2) is 34.2 Å². The topological polar surface area (TPSA) is 75.7 Å². The number of methoxy groups -OCH3 is 1. The molecule has 1 N–H and O–H groups in total. The largest absolute Gasteiger partial charge is 0.495 e. The number of carbonyl (C=O) groups is 1. The van der Waals surface area contributed by atoms with Crippen molar-refractivity contribution in [2.45, 2.75) is 23.9 Å². The number of hydrogen-bond donors (Lipinski definition) is 1. The maximum atomic E-state index is 13.1. The molecule has 28 heavy (non-hydrogen) atoms. The van der Waals surface area contributed by atoms with Crippen LogP contribution in [0.1, 0.15) is 12.0 Å². The average Bonchev–Trinajstić information content (AvgIpc) is 2.66. The summed E-state index contributed by atoms with van der Waals surface area (Å²) in [5.41, 5.74) is 1.03. The predicted octanol–water partition coefficient (Wildman–Crippen LogP) is 3.34. The normalized spacial score (nSPS) is 14.4. The zero-order chi connectivity index (χ0) is 20.5. The second-order valence-electron chi connectivity index (χ2n) is 6.12. The number of hydrogen-bond acceptors (Lipinski definition) is 4. The summed E-state index contributed by atoms with van der Waals surface area (Å²) in [4.78, 5) is 11.0. The quantitative estimate of drug-likeness (QED) is 0.833. The molecule has 0 radical (unpaired) electrons. The minimum Gasteiger partial charge on any atom is -0.495 e. The molecule has 0 spiro atoms. The molecule has 2 aromatic carbocycles. The molecule has 1 aliphatic rings. The fraction of sp³-hybridized carbons (Fsp3) is 0.278. The van der Waals surface area contributed by atoms with Gasteiger partial charge in [-0.2, -0.15) is 13.2 Å². The van der Waals surface area contributed by atoms with E-state index in [4.69, 9.17) is 4.74 Å². The third-order valence-electron chi connectivity index (χ3n) is 4.33. The second-order valence-corrected chi connectivity index (χ2v) is 7.99. The van der Waals surface area contributed by atoms with E-state index in [0.29, 0.717) is 12.1 Å². The monoisotopic (exact) mass is 414 g/mol. The highest BCUT2D eigenvalue weighted by molar-refractivity contribution is 7.92. The lowest BCUT2D eigenvalue weighted by Gasteiger charge is -2.30. The van der Waals surface area contributed by atoms with Crippen molar-refractivity contribution >= 4 is 27.3 Å². The SMILES string of the molecule is COc1ccc(S(=O)(=O)N2CCCc3ccccc32)cc1NC(=O)C(F)(F)F. The number of nitrogens with one attached hydrogen (secondary N) is 1. The summed E-state index contributed by atoms with van der Waals surface area (Å²) >= 11 is 0. The predicted molar refractivity (Wildman–Crippen MR) is 97.0 cm³/mol. The summed E-state index contributed by atoms with van der Waals surface area (Å²) < 4.78 is 70.2. The van der Waals surface area contributed by atoms with Gasteiger partial charge < -0.3 is 10.1 Å². The molecule has 0 aliphatic carbocycles. The molecule has 1 aliphatic heterocycles. The van der Waals surface area contributed by atoms with Gasteiger partial charge in [0, 0.05) is 6.54 Å². The number of sulfonamides is 1. The number of amides is 1. The molecule has 0 fully saturated rings. The number of halogens is 3. The lowest BCUT2D eigenvalue weighted by molar-refractivity contribution is -0.167.